The number of thiazole rings is 1. The van der Waals surface area contributed by atoms with Crippen molar-refractivity contribution in [3.8, 4) is 6.07 Å². The average molecular weight is 224 g/mol. The van der Waals surface area contributed by atoms with E-state index in [1.807, 2.05) is 6.07 Å². The standard InChI is InChI=1S/C9H12N4OS/c10-3-1-2-4-12-9(14)7-6-15-8(5-11)13-7/h6H,1-2,4-5,11H2,(H,12,14). The van der Waals surface area contributed by atoms with Crippen molar-refractivity contribution >= 4 is 17.2 Å². The van der Waals surface area contributed by atoms with Crippen LogP contribution in [0, 0.1) is 11.3 Å². The molecule has 0 aliphatic rings. The van der Waals surface area contributed by atoms with Gasteiger partial charge in [-0.2, -0.15) is 5.26 Å². The summed E-state index contributed by atoms with van der Waals surface area (Å²) in [5.74, 6) is -0.205. The summed E-state index contributed by atoms with van der Waals surface area (Å²) in [5, 5.41) is 13.4. The first kappa shape index (κ1) is 11.6. The maximum Gasteiger partial charge on any atom is 0.270 e. The van der Waals surface area contributed by atoms with Crippen LogP contribution in [0.15, 0.2) is 5.38 Å². The molecule has 0 fully saturated rings. The van der Waals surface area contributed by atoms with Crippen molar-refractivity contribution in [1.29, 1.82) is 5.26 Å². The Morgan fingerprint density at radius 2 is 2.53 bits per heavy atom. The molecule has 0 unspecified atom stereocenters. The Kier molecular flexibility index (Phi) is 4.74. The fourth-order valence-corrected chi connectivity index (χ4v) is 1.62. The lowest BCUT2D eigenvalue weighted by Crippen LogP contribution is -2.24. The molecule has 3 N–H and O–H groups in total. The molecule has 1 heterocycles. The molecule has 0 spiro atoms. The third-order valence-corrected chi connectivity index (χ3v) is 2.58. The lowest BCUT2D eigenvalue weighted by molar-refractivity contribution is 0.0949. The molecule has 0 aliphatic carbocycles. The van der Waals surface area contributed by atoms with Crippen LogP contribution in [0.5, 0.6) is 0 Å². The van der Waals surface area contributed by atoms with E-state index >= 15 is 0 Å². The second-order valence-corrected chi connectivity index (χ2v) is 3.79. The molecule has 80 valence electrons. The van der Waals surface area contributed by atoms with Crippen molar-refractivity contribution in [2.75, 3.05) is 6.54 Å². The van der Waals surface area contributed by atoms with E-state index in [0.29, 0.717) is 31.6 Å². The third kappa shape index (κ3) is 3.65. The molecule has 0 saturated carbocycles. The normalized spacial score (nSPS) is 9.60. The van der Waals surface area contributed by atoms with Crippen molar-refractivity contribution < 1.29 is 4.79 Å². The predicted octanol–water partition coefficient (Wildman–Crippen LogP) is 0.635. The number of carbonyl (C=O) groups is 1. The number of amides is 1. The van der Waals surface area contributed by atoms with Gasteiger partial charge in [0, 0.05) is 24.9 Å². The van der Waals surface area contributed by atoms with Gasteiger partial charge >= 0.3 is 0 Å². The molecule has 6 heteroatoms. The van der Waals surface area contributed by atoms with Gasteiger partial charge in [0.05, 0.1) is 6.07 Å². The minimum absolute atomic E-state index is 0.205. The van der Waals surface area contributed by atoms with Gasteiger partial charge in [0.1, 0.15) is 10.7 Å². The van der Waals surface area contributed by atoms with Gasteiger partial charge in [-0.05, 0) is 6.42 Å². The Balaban J connectivity index is 2.37. The highest BCUT2D eigenvalue weighted by Gasteiger charge is 2.08. The molecule has 0 saturated heterocycles. The van der Waals surface area contributed by atoms with E-state index in [0.717, 1.165) is 5.01 Å². The van der Waals surface area contributed by atoms with E-state index in [-0.39, 0.29) is 5.91 Å². The van der Waals surface area contributed by atoms with Crippen LogP contribution < -0.4 is 11.1 Å². The lowest BCUT2D eigenvalue weighted by atomic mass is 10.3. The highest BCUT2D eigenvalue weighted by molar-refractivity contribution is 7.09. The monoisotopic (exact) mass is 224 g/mol. The van der Waals surface area contributed by atoms with Crippen molar-refractivity contribution in [1.82, 2.24) is 10.3 Å². The topological polar surface area (TPSA) is 91.8 Å². The van der Waals surface area contributed by atoms with Gasteiger partial charge in [-0.15, -0.1) is 11.3 Å². The Hall–Kier alpha value is -1.45. The summed E-state index contributed by atoms with van der Waals surface area (Å²) in [4.78, 5) is 15.5. The first-order valence-electron chi connectivity index (χ1n) is 4.57. The SMILES string of the molecule is N#CCCCNC(=O)c1csc(CN)n1. The van der Waals surface area contributed by atoms with Gasteiger partial charge in [-0.3, -0.25) is 4.79 Å². The summed E-state index contributed by atoms with van der Waals surface area (Å²) in [6.07, 6.45) is 1.11. The maximum absolute atomic E-state index is 11.4. The molecule has 0 aromatic carbocycles. The Morgan fingerprint density at radius 1 is 1.73 bits per heavy atom. The molecule has 0 aliphatic heterocycles. The average Bonchev–Trinajstić information content (AvgIpc) is 2.72. The minimum Gasteiger partial charge on any atom is -0.351 e. The Morgan fingerprint density at radius 3 is 3.13 bits per heavy atom. The van der Waals surface area contributed by atoms with Gasteiger partial charge in [-0.1, -0.05) is 0 Å². The first-order chi connectivity index (χ1) is 7.27. The number of aromatic nitrogens is 1. The number of hydrogen-bond donors (Lipinski definition) is 2. The van der Waals surface area contributed by atoms with E-state index in [9.17, 15) is 4.79 Å². The van der Waals surface area contributed by atoms with Crippen LogP contribution >= 0.6 is 11.3 Å². The molecule has 0 radical (unpaired) electrons. The molecule has 15 heavy (non-hydrogen) atoms. The molecule has 5 nitrogen and oxygen atoms in total. The molecule has 1 amide bonds. The highest BCUT2D eigenvalue weighted by Crippen LogP contribution is 2.08. The summed E-state index contributed by atoms with van der Waals surface area (Å²) in [5.41, 5.74) is 5.78. The second kappa shape index (κ2) is 6.11. The third-order valence-electron chi connectivity index (χ3n) is 1.71. The molecule has 1 aromatic rings. The molecule has 0 atom stereocenters. The van der Waals surface area contributed by atoms with Crippen LogP contribution in [0.4, 0.5) is 0 Å². The van der Waals surface area contributed by atoms with Crippen LogP contribution in [0.1, 0.15) is 28.3 Å². The van der Waals surface area contributed by atoms with Gasteiger partial charge in [0.15, 0.2) is 0 Å². The van der Waals surface area contributed by atoms with Crippen LogP contribution in [-0.2, 0) is 6.54 Å². The van der Waals surface area contributed by atoms with Crippen LogP contribution in [-0.4, -0.2) is 17.4 Å². The second-order valence-electron chi connectivity index (χ2n) is 2.85. The Labute approximate surface area is 91.9 Å². The van der Waals surface area contributed by atoms with Gasteiger partial charge < -0.3 is 11.1 Å². The smallest absolute Gasteiger partial charge is 0.270 e. The number of nitriles is 1. The van der Waals surface area contributed by atoms with Crippen molar-refractivity contribution in [2.45, 2.75) is 19.4 Å². The zero-order valence-electron chi connectivity index (χ0n) is 8.19. The van der Waals surface area contributed by atoms with Crippen LogP contribution in [0.3, 0.4) is 0 Å². The fourth-order valence-electron chi connectivity index (χ4n) is 0.969. The quantitative estimate of drug-likeness (QED) is 0.718. The fraction of sp³-hybridized carbons (Fsp3) is 0.444. The van der Waals surface area contributed by atoms with E-state index in [2.05, 4.69) is 10.3 Å². The summed E-state index contributed by atoms with van der Waals surface area (Å²) in [6.45, 7) is 0.855. The molecular weight excluding hydrogens is 212 g/mol. The van der Waals surface area contributed by atoms with Crippen molar-refractivity contribution in [3.05, 3.63) is 16.1 Å². The number of rotatable bonds is 5. The van der Waals surface area contributed by atoms with Gasteiger partial charge in [0.25, 0.3) is 5.91 Å². The summed E-state index contributed by atoms with van der Waals surface area (Å²) < 4.78 is 0. The number of nitrogens with two attached hydrogens (primary N) is 1. The van der Waals surface area contributed by atoms with Gasteiger partial charge in [0.2, 0.25) is 0 Å². The molecule has 1 rings (SSSR count). The number of nitrogens with one attached hydrogen (secondary N) is 1. The van der Waals surface area contributed by atoms with Gasteiger partial charge in [-0.25, -0.2) is 4.98 Å². The zero-order valence-corrected chi connectivity index (χ0v) is 9.01. The predicted molar refractivity (Wildman–Crippen MR) is 57.2 cm³/mol. The number of unbranched alkanes of at least 4 members (excludes halogenated alkanes) is 1. The zero-order chi connectivity index (χ0) is 11.1. The van der Waals surface area contributed by atoms with Crippen molar-refractivity contribution in [2.24, 2.45) is 5.73 Å². The Bertz CT molecular complexity index is 368. The largest absolute Gasteiger partial charge is 0.351 e. The van der Waals surface area contributed by atoms with E-state index in [1.54, 1.807) is 5.38 Å². The number of hydrogen-bond acceptors (Lipinski definition) is 5. The van der Waals surface area contributed by atoms with E-state index < -0.39 is 0 Å². The lowest BCUT2D eigenvalue weighted by Gasteiger charge is -1.99. The van der Waals surface area contributed by atoms with E-state index in [1.165, 1.54) is 11.3 Å². The number of carbonyl (C=O) groups excluding carboxylic acids is 1. The van der Waals surface area contributed by atoms with Crippen LogP contribution in [0.25, 0.3) is 0 Å². The van der Waals surface area contributed by atoms with E-state index in [4.69, 9.17) is 11.0 Å². The molecular formula is C9H12N4OS. The first-order valence-corrected chi connectivity index (χ1v) is 5.45. The summed E-state index contributed by atoms with van der Waals surface area (Å²) >= 11 is 1.37. The number of nitrogens with zero attached hydrogens (tertiary/aromatic N) is 2. The van der Waals surface area contributed by atoms with Crippen molar-refractivity contribution in [3.63, 3.8) is 0 Å². The summed E-state index contributed by atoms with van der Waals surface area (Å²) in [6, 6.07) is 2.01. The maximum atomic E-state index is 11.4. The molecule has 0 bridgehead atoms. The summed E-state index contributed by atoms with van der Waals surface area (Å²) in [7, 11) is 0. The van der Waals surface area contributed by atoms with Crippen LogP contribution in [0.2, 0.25) is 0 Å². The molecule has 1 aromatic heterocycles. The minimum atomic E-state index is -0.205. The highest BCUT2D eigenvalue weighted by atomic mass is 32.1.